The number of nitrogens with zero attached hydrogens (tertiary/aromatic N) is 7. The third kappa shape index (κ3) is 17.1. The molecule has 2 atom stereocenters. The van der Waals surface area contributed by atoms with E-state index in [-0.39, 0.29) is 50.4 Å². The van der Waals surface area contributed by atoms with Gasteiger partial charge in [-0.2, -0.15) is 0 Å². The van der Waals surface area contributed by atoms with Crippen LogP contribution in [0.3, 0.4) is 0 Å². The van der Waals surface area contributed by atoms with Gasteiger partial charge in [-0.15, -0.1) is 9.13 Å². The minimum Gasteiger partial charge on any atom is -0.481 e. The van der Waals surface area contributed by atoms with Gasteiger partial charge in [-0.25, -0.2) is 18.4 Å². The van der Waals surface area contributed by atoms with Gasteiger partial charge in [0.1, 0.15) is 63.1 Å². The predicted molar refractivity (Wildman–Crippen MR) is 245 cm³/mol. The van der Waals surface area contributed by atoms with Crippen LogP contribution in [-0.4, -0.2) is 165 Å². The molecule has 0 aliphatic carbocycles. The average molecular weight is 1020 g/mol. The standard InChI is InChI=1S/C45H65N11O16/c1-30(48-31(43(46)70)14-15-38(60)61)49-32(44(71)72)12-9-10-16-47-33(57)13-8-6-4-2-3-5-7-11-21-56-28-34-50(22-36(58)52(24-39(62)63)25-40(64)65)17-19-54(34)45(56)55-20-18-51(35(55)29-56)23-37(59)53(26-41(66)67)27-42(68)69/h17-20,31-32,45,48-49H,1-16,21-29H2,(H6-3,46,47,57,60,61,62,63,64,65,66,67,68,69,70,71,72)/p+3. The maximum absolute atomic E-state index is 13.2. The molecule has 0 spiro atoms. The number of hydrogen-bond acceptors (Lipinski definition) is 12. The van der Waals surface area contributed by atoms with E-state index >= 15 is 0 Å². The number of carboxylic acids is 6. The summed E-state index contributed by atoms with van der Waals surface area (Å²) in [5.41, 5.74) is 5.31. The number of rotatable bonds is 37. The molecule has 0 saturated heterocycles. The van der Waals surface area contributed by atoms with Gasteiger partial charge in [-0.05, 0) is 44.9 Å². The number of carbonyl (C=O) groups excluding carboxylic acids is 4. The molecule has 2 aliphatic heterocycles. The Balaban J connectivity index is 1.23. The molecule has 11 N–H and O–H groups in total. The summed E-state index contributed by atoms with van der Waals surface area (Å²) in [7, 11) is 0. The number of primary amides is 1. The molecule has 4 heterocycles. The number of carbonyl (C=O) groups is 10. The molecule has 0 aromatic carbocycles. The highest BCUT2D eigenvalue weighted by molar-refractivity contribution is 5.85. The zero-order valence-corrected chi connectivity index (χ0v) is 40.2. The lowest BCUT2D eigenvalue weighted by molar-refractivity contribution is -0.982. The Labute approximate surface area is 414 Å². The molecule has 0 bridgehead atoms. The van der Waals surface area contributed by atoms with E-state index in [1.807, 2.05) is 9.13 Å². The van der Waals surface area contributed by atoms with E-state index < -0.39 is 91.8 Å². The fourth-order valence-corrected chi connectivity index (χ4v) is 9.16. The quantitative estimate of drug-likeness (QED) is 0.0205. The number of nitrogens with two attached hydrogens (primary N) is 1. The molecule has 4 rings (SSSR count). The summed E-state index contributed by atoms with van der Waals surface area (Å²) in [6.07, 6.45) is 14.8. The molecular weight excluding hydrogens is 951 g/mol. The Morgan fingerprint density at radius 3 is 1.53 bits per heavy atom. The van der Waals surface area contributed by atoms with Gasteiger partial charge in [0.2, 0.25) is 11.8 Å². The van der Waals surface area contributed by atoms with Crippen molar-refractivity contribution < 1.29 is 92.2 Å². The number of aromatic nitrogens is 4. The predicted octanol–water partition coefficient (Wildman–Crippen LogP) is -1.67. The van der Waals surface area contributed by atoms with Crippen LogP contribution < -0.4 is 30.8 Å². The van der Waals surface area contributed by atoms with E-state index in [2.05, 4.69) is 22.5 Å². The van der Waals surface area contributed by atoms with E-state index in [1.54, 1.807) is 33.9 Å². The fourth-order valence-electron chi connectivity index (χ4n) is 9.16. The number of imidazole rings is 2. The highest BCUT2D eigenvalue weighted by Gasteiger charge is 2.63. The van der Waals surface area contributed by atoms with Crippen molar-refractivity contribution in [3.05, 3.63) is 48.8 Å². The zero-order chi connectivity index (χ0) is 53.1. The van der Waals surface area contributed by atoms with Crippen LogP contribution in [-0.2, 0) is 74.1 Å². The van der Waals surface area contributed by atoms with Gasteiger partial charge in [-0.1, -0.05) is 38.7 Å². The Kier molecular flexibility index (Phi) is 21.5. The Bertz CT molecular complexity index is 2200. The second-order valence-electron chi connectivity index (χ2n) is 18.1. The summed E-state index contributed by atoms with van der Waals surface area (Å²) in [5, 5.41) is 63.9. The topological polar surface area (TPSA) is 378 Å². The minimum absolute atomic E-state index is 0.0206. The Morgan fingerprint density at radius 2 is 1.08 bits per heavy atom. The molecular formula is C45H68N11O16+3. The van der Waals surface area contributed by atoms with Crippen LogP contribution in [0.15, 0.2) is 37.2 Å². The number of unbranched alkanes of at least 4 members (excludes halogenated alkanes) is 8. The van der Waals surface area contributed by atoms with Crippen LogP contribution in [0.5, 0.6) is 0 Å². The largest absolute Gasteiger partial charge is 0.481 e. The number of amides is 4. The van der Waals surface area contributed by atoms with Crippen molar-refractivity contribution in [3.63, 3.8) is 0 Å². The minimum atomic E-state index is -1.35. The molecule has 2 unspecified atom stereocenters. The second kappa shape index (κ2) is 27.1. The first-order chi connectivity index (χ1) is 34.1. The SMILES string of the molecule is C=C(NC(CCC(=O)O)C(N)=O)NC(CCCCNC(=O)CCCCCCCCCC[N+]12Cc3n(cc[n+]3CC(=O)N(CC(=O)O)CC(=O)O)C1n1cc[n+](CC(=O)N(CC(=O)O)CC(=O)O)c1C2)C(=O)O. The van der Waals surface area contributed by atoms with Crippen molar-refractivity contribution in [2.75, 3.05) is 39.3 Å². The number of aliphatic carboxylic acids is 6. The van der Waals surface area contributed by atoms with E-state index in [0.29, 0.717) is 56.3 Å². The smallest absolute Gasteiger partial charge is 0.380 e. The van der Waals surface area contributed by atoms with Gasteiger partial charge in [-0.3, -0.25) is 43.2 Å². The lowest BCUT2D eigenvalue weighted by atomic mass is 10.1. The molecule has 0 fully saturated rings. The van der Waals surface area contributed by atoms with Crippen molar-refractivity contribution in [1.29, 1.82) is 0 Å². The Hall–Kier alpha value is -7.58. The highest BCUT2D eigenvalue weighted by Crippen LogP contribution is 2.42. The van der Waals surface area contributed by atoms with Crippen molar-refractivity contribution in [3.8, 4) is 0 Å². The monoisotopic (exact) mass is 1020 g/mol. The first-order valence-corrected chi connectivity index (χ1v) is 23.8. The van der Waals surface area contributed by atoms with Crippen LogP contribution >= 0.6 is 0 Å². The van der Waals surface area contributed by atoms with Crippen molar-refractivity contribution in [2.24, 2.45) is 5.73 Å². The maximum Gasteiger partial charge on any atom is 0.380 e. The molecule has 0 saturated carbocycles. The van der Waals surface area contributed by atoms with Gasteiger partial charge < -0.3 is 62.1 Å². The number of fused-ring (bicyclic) bond motifs is 5. The normalized spacial score (nSPS) is 16.0. The van der Waals surface area contributed by atoms with Gasteiger partial charge in [0.25, 0.3) is 11.8 Å². The summed E-state index contributed by atoms with van der Waals surface area (Å²) in [6.45, 7) is 1.84. The molecule has 2 aromatic rings. The molecule has 2 aliphatic rings. The number of carboxylic acid groups (broad SMARTS) is 6. The first-order valence-electron chi connectivity index (χ1n) is 23.8. The van der Waals surface area contributed by atoms with Gasteiger partial charge in [0, 0.05) is 19.4 Å². The van der Waals surface area contributed by atoms with Crippen molar-refractivity contribution in [2.45, 2.75) is 134 Å². The lowest BCUT2D eigenvalue weighted by Crippen LogP contribution is -2.51. The fraction of sp³-hybridized carbons (Fsp3) is 0.600. The third-order valence-corrected chi connectivity index (χ3v) is 12.6. The van der Waals surface area contributed by atoms with Crippen LogP contribution in [0.4, 0.5) is 0 Å². The molecule has 72 heavy (non-hydrogen) atoms. The van der Waals surface area contributed by atoms with Gasteiger partial charge in [0.05, 0.1) is 12.4 Å². The van der Waals surface area contributed by atoms with E-state index in [0.717, 1.165) is 66.4 Å². The van der Waals surface area contributed by atoms with Crippen LogP contribution in [0.25, 0.3) is 0 Å². The summed E-state index contributed by atoms with van der Waals surface area (Å²) < 4.78 is 7.80. The number of hydrogen-bond donors (Lipinski definition) is 10. The van der Waals surface area contributed by atoms with Crippen LogP contribution in [0.2, 0.25) is 0 Å². The molecule has 0 radical (unpaired) electrons. The molecule has 27 nitrogen and oxygen atoms in total. The summed E-state index contributed by atoms with van der Waals surface area (Å²) in [6, 6.07) is -2.08. The average Bonchev–Trinajstić information content (AvgIpc) is 4.01. The second-order valence-corrected chi connectivity index (χ2v) is 18.1. The third-order valence-electron chi connectivity index (χ3n) is 12.6. The van der Waals surface area contributed by atoms with E-state index in [1.165, 1.54) is 0 Å². The lowest BCUT2D eigenvalue weighted by Gasteiger charge is -2.28. The number of nitrogens with one attached hydrogen (secondary N) is 3. The maximum atomic E-state index is 13.2. The van der Waals surface area contributed by atoms with Gasteiger partial charge >= 0.3 is 53.8 Å². The highest BCUT2D eigenvalue weighted by atomic mass is 16.4. The number of quaternary nitrogens is 1. The summed E-state index contributed by atoms with van der Waals surface area (Å²) in [4.78, 5) is 120. The van der Waals surface area contributed by atoms with Crippen LogP contribution in [0.1, 0.15) is 108 Å². The first kappa shape index (κ1) is 57.0. The molecule has 396 valence electrons. The molecule has 4 amide bonds. The van der Waals surface area contributed by atoms with Crippen LogP contribution in [0, 0.1) is 0 Å². The zero-order valence-electron chi connectivity index (χ0n) is 40.2. The summed E-state index contributed by atoms with van der Waals surface area (Å²) >= 11 is 0. The van der Waals surface area contributed by atoms with E-state index in [4.69, 9.17) is 10.8 Å². The van der Waals surface area contributed by atoms with Crippen molar-refractivity contribution >= 4 is 59.4 Å². The van der Waals surface area contributed by atoms with E-state index in [9.17, 15) is 73.5 Å². The molecule has 2 aromatic heterocycles. The van der Waals surface area contributed by atoms with Crippen molar-refractivity contribution in [1.82, 2.24) is 34.9 Å². The van der Waals surface area contributed by atoms with Gasteiger partial charge in [0.15, 0.2) is 26.2 Å². The Morgan fingerprint density at radius 1 is 0.625 bits per heavy atom. The molecule has 27 heteroatoms. The summed E-state index contributed by atoms with van der Waals surface area (Å²) in [5.74, 6) is -8.44.